The van der Waals surface area contributed by atoms with Crippen LogP contribution >= 0.6 is 23.2 Å². The van der Waals surface area contributed by atoms with Gasteiger partial charge in [0.2, 0.25) is 11.8 Å². The van der Waals surface area contributed by atoms with Gasteiger partial charge in [0.15, 0.2) is 0 Å². The number of fused-ring (bicyclic) bond motifs is 1. The van der Waals surface area contributed by atoms with E-state index in [0.29, 0.717) is 32.7 Å². The topological polar surface area (TPSA) is 78.5 Å². The standard InChI is InChI=1S/C27H25Cl2N3O3/c1-27(2,3)17-10-8-16(9-11-17)26(35)32-22-7-5-4-6-21(22)31-25(34)23(32)15-24(33)30-18-12-13-19(28)20(29)14-18/h4-14,23H,15H2,1-3H3,(H,30,33)(H,31,34)/t23-/m0/s1. The lowest BCUT2D eigenvalue weighted by molar-refractivity contribution is -0.122. The van der Waals surface area contributed by atoms with E-state index in [-0.39, 0.29) is 17.7 Å². The van der Waals surface area contributed by atoms with Gasteiger partial charge in [-0.2, -0.15) is 0 Å². The minimum atomic E-state index is -1.04. The van der Waals surface area contributed by atoms with Crippen LogP contribution in [0.2, 0.25) is 10.0 Å². The van der Waals surface area contributed by atoms with Crippen LogP contribution < -0.4 is 15.5 Å². The fourth-order valence-electron chi connectivity index (χ4n) is 3.94. The predicted molar refractivity (Wildman–Crippen MR) is 141 cm³/mol. The van der Waals surface area contributed by atoms with Crippen molar-refractivity contribution in [2.45, 2.75) is 38.6 Å². The number of anilines is 3. The Hall–Kier alpha value is -3.35. The first-order valence-corrected chi connectivity index (χ1v) is 11.9. The van der Waals surface area contributed by atoms with Crippen LogP contribution in [0.3, 0.4) is 0 Å². The molecule has 0 fully saturated rings. The molecule has 0 spiro atoms. The second-order valence-corrected chi connectivity index (χ2v) is 10.2. The van der Waals surface area contributed by atoms with Crippen LogP contribution in [0.1, 0.15) is 43.1 Å². The molecule has 8 heteroatoms. The normalized spacial score (nSPS) is 15.3. The highest BCUT2D eigenvalue weighted by atomic mass is 35.5. The maximum absolute atomic E-state index is 13.7. The van der Waals surface area contributed by atoms with Gasteiger partial charge in [-0.15, -0.1) is 0 Å². The molecule has 0 saturated heterocycles. The van der Waals surface area contributed by atoms with Gasteiger partial charge >= 0.3 is 0 Å². The molecule has 2 N–H and O–H groups in total. The third-order valence-electron chi connectivity index (χ3n) is 5.83. The lowest BCUT2D eigenvalue weighted by Gasteiger charge is -2.36. The molecule has 0 saturated carbocycles. The molecular formula is C27H25Cl2N3O3. The molecule has 35 heavy (non-hydrogen) atoms. The molecule has 0 aromatic heterocycles. The van der Waals surface area contributed by atoms with E-state index in [4.69, 9.17) is 23.2 Å². The number of carbonyl (C=O) groups is 3. The number of nitrogens with zero attached hydrogens (tertiary/aromatic N) is 1. The molecular weight excluding hydrogens is 485 g/mol. The van der Waals surface area contributed by atoms with Crippen LogP contribution in [0.5, 0.6) is 0 Å². The summed E-state index contributed by atoms with van der Waals surface area (Å²) in [5.41, 5.74) is 2.93. The van der Waals surface area contributed by atoms with E-state index < -0.39 is 17.9 Å². The van der Waals surface area contributed by atoms with Crippen molar-refractivity contribution in [2.75, 3.05) is 15.5 Å². The highest BCUT2D eigenvalue weighted by Crippen LogP contribution is 2.35. The number of rotatable bonds is 4. The maximum Gasteiger partial charge on any atom is 0.259 e. The van der Waals surface area contributed by atoms with E-state index in [9.17, 15) is 14.4 Å². The molecule has 180 valence electrons. The van der Waals surface area contributed by atoms with Crippen molar-refractivity contribution in [3.05, 3.63) is 87.9 Å². The number of amides is 3. The quantitative estimate of drug-likeness (QED) is 0.433. The Kier molecular flexibility index (Phi) is 6.88. The Balaban J connectivity index is 1.64. The first kappa shape index (κ1) is 24.8. The predicted octanol–water partition coefficient (Wildman–Crippen LogP) is 6.29. The summed E-state index contributed by atoms with van der Waals surface area (Å²) in [5.74, 6) is -1.24. The molecule has 1 aliphatic heterocycles. The van der Waals surface area contributed by atoms with E-state index in [2.05, 4.69) is 31.4 Å². The number of carbonyl (C=O) groups excluding carboxylic acids is 3. The lowest BCUT2D eigenvalue weighted by Crippen LogP contribution is -2.52. The number of nitrogens with one attached hydrogen (secondary N) is 2. The molecule has 3 amide bonds. The maximum atomic E-state index is 13.7. The van der Waals surface area contributed by atoms with Gasteiger partial charge in [0.25, 0.3) is 5.91 Å². The van der Waals surface area contributed by atoms with Gasteiger partial charge in [-0.3, -0.25) is 19.3 Å². The number of halogens is 2. The molecule has 0 aliphatic carbocycles. The van der Waals surface area contributed by atoms with Gasteiger partial charge in [0, 0.05) is 11.3 Å². The summed E-state index contributed by atoms with van der Waals surface area (Å²) in [6.07, 6.45) is -0.244. The summed E-state index contributed by atoms with van der Waals surface area (Å²) in [6.45, 7) is 6.28. The smallest absolute Gasteiger partial charge is 0.259 e. The van der Waals surface area contributed by atoms with Crippen molar-refractivity contribution >= 4 is 58.0 Å². The molecule has 0 radical (unpaired) electrons. The zero-order chi connectivity index (χ0) is 25.3. The molecule has 0 bridgehead atoms. The minimum absolute atomic E-state index is 0.0651. The third-order valence-corrected chi connectivity index (χ3v) is 6.57. The number of hydrogen-bond donors (Lipinski definition) is 2. The van der Waals surface area contributed by atoms with E-state index >= 15 is 0 Å². The molecule has 1 heterocycles. The van der Waals surface area contributed by atoms with Crippen LogP contribution in [0.25, 0.3) is 0 Å². The first-order valence-electron chi connectivity index (χ1n) is 11.1. The van der Waals surface area contributed by atoms with Crippen molar-refractivity contribution in [3.8, 4) is 0 Å². The van der Waals surface area contributed by atoms with Crippen LogP contribution in [0.4, 0.5) is 17.1 Å². The molecule has 4 rings (SSSR count). The zero-order valence-electron chi connectivity index (χ0n) is 19.6. The summed E-state index contributed by atoms with van der Waals surface area (Å²) in [5, 5.41) is 6.19. The van der Waals surface area contributed by atoms with Gasteiger partial charge in [-0.25, -0.2) is 0 Å². The van der Waals surface area contributed by atoms with Crippen molar-refractivity contribution in [1.29, 1.82) is 0 Å². The number of para-hydroxylation sites is 2. The third kappa shape index (κ3) is 5.34. The van der Waals surface area contributed by atoms with Crippen LogP contribution in [-0.4, -0.2) is 23.8 Å². The Bertz CT molecular complexity index is 1300. The van der Waals surface area contributed by atoms with Gasteiger partial charge in [0.1, 0.15) is 6.04 Å². The molecule has 6 nitrogen and oxygen atoms in total. The molecule has 3 aromatic rings. The highest BCUT2D eigenvalue weighted by Gasteiger charge is 2.38. The molecule has 1 aliphatic rings. The van der Waals surface area contributed by atoms with E-state index in [0.717, 1.165) is 5.56 Å². The zero-order valence-corrected chi connectivity index (χ0v) is 21.1. The Labute approximate surface area is 214 Å². The Morgan fingerprint density at radius 2 is 1.66 bits per heavy atom. The molecule has 3 aromatic carbocycles. The van der Waals surface area contributed by atoms with Gasteiger partial charge < -0.3 is 10.6 Å². The summed E-state index contributed by atoms with van der Waals surface area (Å²) in [7, 11) is 0. The van der Waals surface area contributed by atoms with Gasteiger partial charge in [-0.05, 0) is 53.4 Å². The van der Waals surface area contributed by atoms with Crippen molar-refractivity contribution in [2.24, 2.45) is 0 Å². The fraction of sp³-hybridized carbons (Fsp3) is 0.222. The number of hydrogen-bond acceptors (Lipinski definition) is 3. The summed E-state index contributed by atoms with van der Waals surface area (Å²) >= 11 is 12.0. The Morgan fingerprint density at radius 1 is 0.971 bits per heavy atom. The summed E-state index contributed by atoms with van der Waals surface area (Å²) in [6, 6.07) is 18.0. The van der Waals surface area contributed by atoms with E-state index in [1.54, 1.807) is 48.5 Å². The van der Waals surface area contributed by atoms with E-state index in [1.807, 2.05) is 12.1 Å². The Morgan fingerprint density at radius 3 is 2.31 bits per heavy atom. The first-order chi connectivity index (χ1) is 16.5. The largest absolute Gasteiger partial charge is 0.326 e. The minimum Gasteiger partial charge on any atom is -0.326 e. The average Bonchev–Trinajstić information content (AvgIpc) is 2.81. The van der Waals surface area contributed by atoms with Crippen molar-refractivity contribution in [1.82, 2.24) is 0 Å². The van der Waals surface area contributed by atoms with Crippen molar-refractivity contribution in [3.63, 3.8) is 0 Å². The second-order valence-electron chi connectivity index (χ2n) is 9.41. The van der Waals surface area contributed by atoms with Crippen LogP contribution in [0, 0.1) is 0 Å². The monoisotopic (exact) mass is 509 g/mol. The second kappa shape index (κ2) is 9.72. The fourth-order valence-corrected chi connectivity index (χ4v) is 4.24. The SMILES string of the molecule is CC(C)(C)c1ccc(C(=O)N2c3ccccc3NC(=O)[C@@H]2CC(=O)Nc2ccc(Cl)c(Cl)c2)cc1. The van der Waals surface area contributed by atoms with Crippen molar-refractivity contribution < 1.29 is 14.4 Å². The van der Waals surface area contributed by atoms with Gasteiger partial charge in [-0.1, -0.05) is 68.2 Å². The van der Waals surface area contributed by atoms with Gasteiger partial charge in [0.05, 0.1) is 27.8 Å². The molecule has 1 atom stereocenters. The van der Waals surface area contributed by atoms with Crippen LogP contribution in [0.15, 0.2) is 66.7 Å². The number of benzene rings is 3. The summed E-state index contributed by atoms with van der Waals surface area (Å²) in [4.78, 5) is 41.0. The highest BCUT2D eigenvalue weighted by molar-refractivity contribution is 6.42. The van der Waals surface area contributed by atoms with E-state index in [1.165, 1.54) is 11.0 Å². The summed E-state index contributed by atoms with van der Waals surface area (Å²) < 4.78 is 0. The average molecular weight is 510 g/mol. The lowest BCUT2D eigenvalue weighted by atomic mass is 9.86. The molecule has 0 unspecified atom stereocenters. The van der Waals surface area contributed by atoms with Crippen LogP contribution in [-0.2, 0) is 15.0 Å².